The Morgan fingerprint density at radius 3 is 2.81 bits per heavy atom. The summed E-state index contributed by atoms with van der Waals surface area (Å²) >= 11 is 3.39. The van der Waals surface area contributed by atoms with Gasteiger partial charge >= 0.3 is 0 Å². The molecule has 1 heterocycles. The van der Waals surface area contributed by atoms with E-state index in [-0.39, 0.29) is 5.78 Å². The Balaban J connectivity index is 1.66. The lowest BCUT2D eigenvalue weighted by atomic mass is 10.0. The Hall–Kier alpha value is -0.710. The lowest BCUT2D eigenvalue weighted by Crippen LogP contribution is -2.31. The molecule has 0 aliphatic carbocycles. The Morgan fingerprint density at radius 2 is 2.14 bits per heavy atom. The van der Waals surface area contributed by atoms with Crippen molar-refractivity contribution >= 4 is 21.7 Å². The minimum Gasteiger partial charge on any atom is -0.381 e. The van der Waals surface area contributed by atoms with Crippen LogP contribution in [0.3, 0.4) is 0 Å². The highest BCUT2D eigenvalue weighted by Gasteiger charge is 2.15. The van der Waals surface area contributed by atoms with Crippen molar-refractivity contribution in [2.75, 3.05) is 33.4 Å². The fourth-order valence-electron chi connectivity index (χ4n) is 2.77. The molecule has 116 valence electrons. The van der Waals surface area contributed by atoms with Crippen LogP contribution >= 0.6 is 15.9 Å². The molecule has 1 aromatic rings. The summed E-state index contributed by atoms with van der Waals surface area (Å²) in [5.74, 6) is 0.892. The molecule has 0 N–H and O–H groups in total. The summed E-state index contributed by atoms with van der Waals surface area (Å²) in [6.45, 7) is 3.86. The number of benzene rings is 1. The van der Waals surface area contributed by atoms with Crippen LogP contribution < -0.4 is 0 Å². The smallest absolute Gasteiger partial charge is 0.162 e. The van der Waals surface area contributed by atoms with Crippen LogP contribution in [0.5, 0.6) is 0 Å². The number of hydrogen-bond acceptors (Lipinski definition) is 3. The molecule has 1 aliphatic heterocycles. The molecule has 21 heavy (non-hydrogen) atoms. The standard InChI is InChI=1S/C17H24BrNO2/c1-19(12-14-4-3-11-21-13-14)10-2-5-17(20)15-6-8-16(18)9-7-15/h6-9,14H,2-5,10-13H2,1H3. The van der Waals surface area contributed by atoms with Crippen molar-refractivity contribution in [1.82, 2.24) is 4.90 Å². The average molecular weight is 354 g/mol. The lowest BCUT2D eigenvalue weighted by Gasteiger charge is -2.27. The molecule has 1 unspecified atom stereocenters. The van der Waals surface area contributed by atoms with Gasteiger partial charge in [-0.25, -0.2) is 0 Å². The first-order valence-electron chi connectivity index (χ1n) is 7.70. The molecular weight excluding hydrogens is 330 g/mol. The van der Waals surface area contributed by atoms with Gasteiger partial charge in [-0.3, -0.25) is 4.79 Å². The topological polar surface area (TPSA) is 29.5 Å². The Morgan fingerprint density at radius 1 is 1.38 bits per heavy atom. The summed E-state index contributed by atoms with van der Waals surface area (Å²) in [5, 5.41) is 0. The van der Waals surface area contributed by atoms with Crippen molar-refractivity contribution in [2.45, 2.75) is 25.7 Å². The fourth-order valence-corrected chi connectivity index (χ4v) is 3.04. The van der Waals surface area contributed by atoms with Crippen molar-refractivity contribution in [2.24, 2.45) is 5.92 Å². The van der Waals surface area contributed by atoms with E-state index in [4.69, 9.17) is 4.74 Å². The zero-order valence-electron chi connectivity index (χ0n) is 12.7. The van der Waals surface area contributed by atoms with Gasteiger partial charge in [0.05, 0.1) is 6.61 Å². The second-order valence-electron chi connectivity index (χ2n) is 5.88. The second kappa shape index (κ2) is 8.66. The Kier molecular flexibility index (Phi) is 6.87. The maximum absolute atomic E-state index is 12.1. The van der Waals surface area contributed by atoms with E-state index in [9.17, 15) is 4.79 Å². The summed E-state index contributed by atoms with van der Waals surface area (Å²) < 4.78 is 6.52. The number of rotatable bonds is 7. The van der Waals surface area contributed by atoms with Gasteiger partial charge in [0, 0.05) is 29.6 Å². The maximum atomic E-state index is 12.1. The minimum atomic E-state index is 0.233. The third-order valence-corrected chi connectivity index (χ3v) is 4.46. The summed E-state index contributed by atoms with van der Waals surface area (Å²) in [4.78, 5) is 14.4. The molecule has 0 bridgehead atoms. The first-order valence-corrected chi connectivity index (χ1v) is 8.49. The predicted octanol–water partition coefficient (Wildman–Crippen LogP) is 3.77. The van der Waals surface area contributed by atoms with Gasteiger partial charge in [-0.2, -0.15) is 0 Å². The van der Waals surface area contributed by atoms with E-state index >= 15 is 0 Å². The number of carbonyl (C=O) groups is 1. The van der Waals surface area contributed by atoms with Crippen LogP contribution in [0.4, 0.5) is 0 Å². The summed E-state index contributed by atoms with van der Waals surface area (Å²) in [6.07, 6.45) is 3.98. The van der Waals surface area contributed by atoms with E-state index in [0.29, 0.717) is 12.3 Å². The third-order valence-electron chi connectivity index (χ3n) is 3.93. The molecule has 0 radical (unpaired) electrons. The molecule has 1 aliphatic rings. The number of ether oxygens (including phenoxy) is 1. The molecule has 1 aromatic carbocycles. The van der Waals surface area contributed by atoms with Crippen molar-refractivity contribution in [3.05, 3.63) is 34.3 Å². The van der Waals surface area contributed by atoms with E-state index in [2.05, 4.69) is 27.9 Å². The minimum absolute atomic E-state index is 0.233. The molecule has 0 amide bonds. The van der Waals surface area contributed by atoms with Crippen molar-refractivity contribution in [3.63, 3.8) is 0 Å². The summed E-state index contributed by atoms with van der Waals surface area (Å²) in [5.41, 5.74) is 0.807. The van der Waals surface area contributed by atoms with Gasteiger partial charge in [-0.15, -0.1) is 0 Å². The average Bonchev–Trinajstić information content (AvgIpc) is 2.49. The van der Waals surface area contributed by atoms with Crippen LogP contribution in [-0.2, 0) is 4.74 Å². The number of ketones is 1. The van der Waals surface area contributed by atoms with Crippen LogP contribution in [0.1, 0.15) is 36.0 Å². The van der Waals surface area contributed by atoms with Gasteiger partial charge in [0.2, 0.25) is 0 Å². The number of hydrogen-bond donors (Lipinski definition) is 0. The number of nitrogens with zero attached hydrogens (tertiary/aromatic N) is 1. The monoisotopic (exact) mass is 353 g/mol. The SMILES string of the molecule is CN(CCCC(=O)c1ccc(Br)cc1)CC1CCCOC1. The highest BCUT2D eigenvalue weighted by Crippen LogP contribution is 2.15. The first-order chi connectivity index (χ1) is 10.1. The number of Topliss-reactive ketones (excluding diaryl/α,β-unsaturated/α-hetero) is 1. The van der Waals surface area contributed by atoms with Crippen molar-refractivity contribution in [1.29, 1.82) is 0 Å². The molecule has 4 heteroatoms. The van der Waals surface area contributed by atoms with E-state index < -0.39 is 0 Å². The van der Waals surface area contributed by atoms with Crippen molar-refractivity contribution < 1.29 is 9.53 Å². The molecule has 0 aromatic heterocycles. The molecular formula is C17H24BrNO2. The van der Waals surface area contributed by atoms with E-state index in [1.54, 1.807) is 0 Å². The van der Waals surface area contributed by atoms with E-state index in [0.717, 1.165) is 42.8 Å². The van der Waals surface area contributed by atoms with E-state index in [1.807, 2.05) is 24.3 Å². The normalized spacial score (nSPS) is 18.9. The van der Waals surface area contributed by atoms with Crippen LogP contribution in [0, 0.1) is 5.92 Å². The zero-order valence-corrected chi connectivity index (χ0v) is 14.3. The van der Waals surface area contributed by atoms with E-state index in [1.165, 1.54) is 12.8 Å². The lowest BCUT2D eigenvalue weighted by molar-refractivity contribution is 0.0418. The summed E-state index contributed by atoms with van der Waals surface area (Å²) in [6, 6.07) is 7.61. The second-order valence-corrected chi connectivity index (χ2v) is 6.79. The highest BCUT2D eigenvalue weighted by molar-refractivity contribution is 9.10. The number of carbonyl (C=O) groups excluding carboxylic acids is 1. The van der Waals surface area contributed by atoms with Gasteiger partial charge in [0.15, 0.2) is 5.78 Å². The zero-order chi connectivity index (χ0) is 15.1. The van der Waals surface area contributed by atoms with Crippen LogP contribution in [0.15, 0.2) is 28.7 Å². The Labute approximate surface area is 135 Å². The predicted molar refractivity (Wildman–Crippen MR) is 88.7 cm³/mol. The molecule has 0 spiro atoms. The van der Waals surface area contributed by atoms with Gasteiger partial charge in [-0.05, 0) is 50.9 Å². The third kappa shape index (κ3) is 5.89. The molecule has 1 atom stereocenters. The van der Waals surface area contributed by atoms with Crippen LogP contribution in [0.2, 0.25) is 0 Å². The van der Waals surface area contributed by atoms with Crippen molar-refractivity contribution in [3.8, 4) is 0 Å². The molecule has 2 rings (SSSR count). The van der Waals surface area contributed by atoms with Gasteiger partial charge in [-0.1, -0.05) is 28.1 Å². The van der Waals surface area contributed by atoms with Gasteiger partial charge in [0.25, 0.3) is 0 Å². The number of halogens is 1. The highest BCUT2D eigenvalue weighted by atomic mass is 79.9. The maximum Gasteiger partial charge on any atom is 0.162 e. The van der Waals surface area contributed by atoms with Crippen LogP contribution in [0.25, 0.3) is 0 Å². The van der Waals surface area contributed by atoms with Gasteiger partial charge in [0.1, 0.15) is 0 Å². The fraction of sp³-hybridized carbons (Fsp3) is 0.588. The Bertz CT molecular complexity index is 441. The molecule has 3 nitrogen and oxygen atoms in total. The summed E-state index contributed by atoms with van der Waals surface area (Å²) in [7, 11) is 2.14. The van der Waals surface area contributed by atoms with Crippen LogP contribution in [-0.4, -0.2) is 44.0 Å². The quantitative estimate of drug-likeness (QED) is 0.698. The first kappa shape index (κ1) is 16.7. The molecule has 1 fully saturated rings. The largest absolute Gasteiger partial charge is 0.381 e. The molecule has 0 saturated carbocycles. The van der Waals surface area contributed by atoms with Gasteiger partial charge < -0.3 is 9.64 Å². The molecule has 1 saturated heterocycles.